The van der Waals surface area contributed by atoms with E-state index >= 15 is 0 Å². The Bertz CT molecular complexity index is 725. The average molecular weight is 370 g/mol. The number of hydrogen-bond acceptors (Lipinski definition) is 6. The minimum Gasteiger partial charge on any atom is -0.384 e. The first-order valence-electron chi connectivity index (χ1n) is 9.97. The van der Waals surface area contributed by atoms with E-state index in [0.717, 1.165) is 37.9 Å². The van der Waals surface area contributed by atoms with E-state index in [4.69, 9.17) is 9.26 Å². The predicted molar refractivity (Wildman–Crippen MR) is 104 cm³/mol. The van der Waals surface area contributed by atoms with E-state index in [9.17, 15) is 0 Å². The van der Waals surface area contributed by atoms with Gasteiger partial charge in [0.15, 0.2) is 5.82 Å². The van der Waals surface area contributed by atoms with Gasteiger partial charge in [-0.15, -0.1) is 0 Å². The highest BCUT2D eigenvalue weighted by molar-refractivity contribution is 5.23. The minimum absolute atomic E-state index is 0.343. The van der Waals surface area contributed by atoms with Crippen LogP contribution in [0.15, 0.2) is 34.9 Å². The van der Waals surface area contributed by atoms with E-state index in [1.807, 2.05) is 0 Å². The molecule has 0 saturated carbocycles. The van der Waals surface area contributed by atoms with Crippen molar-refractivity contribution < 1.29 is 9.26 Å². The lowest BCUT2D eigenvalue weighted by molar-refractivity contribution is 0.0623. The first-order valence-corrected chi connectivity index (χ1v) is 9.97. The molecule has 0 amide bonds. The van der Waals surface area contributed by atoms with Gasteiger partial charge in [0.05, 0.1) is 13.2 Å². The van der Waals surface area contributed by atoms with Crippen molar-refractivity contribution in [2.45, 2.75) is 43.7 Å². The summed E-state index contributed by atoms with van der Waals surface area (Å²) in [6.45, 7) is 4.71. The van der Waals surface area contributed by atoms with Crippen LogP contribution in [0.3, 0.4) is 0 Å². The van der Waals surface area contributed by atoms with Gasteiger partial charge in [-0.2, -0.15) is 4.98 Å². The number of likely N-dealkylation sites (tertiary alicyclic amines) is 2. The Morgan fingerprint density at radius 2 is 2.00 bits per heavy atom. The third kappa shape index (κ3) is 4.08. The molecule has 4 rings (SSSR count). The van der Waals surface area contributed by atoms with Crippen LogP contribution >= 0.6 is 0 Å². The van der Waals surface area contributed by atoms with Crippen LogP contribution in [-0.2, 0) is 17.7 Å². The maximum absolute atomic E-state index is 5.41. The first-order chi connectivity index (χ1) is 13.2. The number of hydrogen-bond donors (Lipinski definition) is 0. The molecular formula is C21H30N4O2. The quantitative estimate of drug-likeness (QED) is 0.779. The summed E-state index contributed by atoms with van der Waals surface area (Å²) >= 11 is 0. The Morgan fingerprint density at radius 3 is 2.74 bits per heavy atom. The summed E-state index contributed by atoms with van der Waals surface area (Å²) in [7, 11) is 3.99. The second-order valence-corrected chi connectivity index (χ2v) is 8.04. The standard InChI is InChI=1S/C21H30N4O2/c1-24-15-18(17-6-4-3-5-7-17)14-21(24)9-11-25(12-10-21)16-20-22-19(23-27-20)8-13-26-2/h3-7,18H,8-16H2,1-2H3/t18-/m0/s1. The third-order valence-electron chi connectivity index (χ3n) is 6.39. The van der Waals surface area contributed by atoms with Crippen LogP contribution in [0.2, 0.25) is 0 Å². The minimum atomic E-state index is 0.343. The predicted octanol–water partition coefficient (Wildman–Crippen LogP) is 2.71. The lowest BCUT2D eigenvalue weighted by Crippen LogP contribution is -2.50. The van der Waals surface area contributed by atoms with Gasteiger partial charge in [0.2, 0.25) is 5.89 Å². The fourth-order valence-electron chi connectivity index (χ4n) is 4.71. The van der Waals surface area contributed by atoms with Crippen LogP contribution in [0.5, 0.6) is 0 Å². The van der Waals surface area contributed by atoms with Gasteiger partial charge in [0, 0.05) is 38.7 Å². The monoisotopic (exact) mass is 370 g/mol. The zero-order valence-corrected chi connectivity index (χ0v) is 16.4. The fraction of sp³-hybridized carbons (Fsp3) is 0.619. The number of ether oxygens (including phenoxy) is 1. The molecule has 3 heterocycles. The highest BCUT2D eigenvalue weighted by Crippen LogP contribution is 2.44. The number of methoxy groups -OCH3 is 1. The van der Waals surface area contributed by atoms with Crippen LogP contribution in [0.1, 0.15) is 42.5 Å². The molecule has 1 atom stereocenters. The summed E-state index contributed by atoms with van der Waals surface area (Å²) in [5.74, 6) is 2.11. The molecule has 1 spiro atoms. The maximum atomic E-state index is 5.41. The molecule has 0 N–H and O–H groups in total. The van der Waals surface area contributed by atoms with E-state index in [2.05, 4.69) is 57.3 Å². The summed E-state index contributed by atoms with van der Waals surface area (Å²) in [5, 5.41) is 4.04. The van der Waals surface area contributed by atoms with E-state index in [1.54, 1.807) is 7.11 Å². The van der Waals surface area contributed by atoms with Gasteiger partial charge in [-0.3, -0.25) is 9.80 Å². The van der Waals surface area contributed by atoms with Gasteiger partial charge in [-0.1, -0.05) is 35.5 Å². The van der Waals surface area contributed by atoms with Gasteiger partial charge in [0.25, 0.3) is 0 Å². The zero-order valence-electron chi connectivity index (χ0n) is 16.4. The molecule has 6 heteroatoms. The fourth-order valence-corrected chi connectivity index (χ4v) is 4.71. The molecule has 0 bridgehead atoms. The lowest BCUT2D eigenvalue weighted by atomic mass is 9.81. The summed E-state index contributed by atoms with van der Waals surface area (Å²) < 4.78 is 10.5. The molecule has 2 saturated heterocycles. The van der Waals surface area contributed by atoms with Crippen molar-refractivity contribution in [2.75, 3.05) is 40.4 Å². The van der Waals surface area contributed by atoms with E-state index < -0.39 is 0 Å². The smallest absolute Gasteiger partial charge is 0.240 e. The number of nitrogens with zero attached hydrogens (tertiary/aromatic N) is 4. The number of rotatable bonds is 6. The molecule has 27 heavy (non-hydrogen) atoms. The molecule has 2 aromatic rings. The highest BCUT2D eigenvalue weighted by atomic mass is 16.5. The Kier molecular flexibility index (Phi) is 5.57. The number of benzene rings is 1. The molecule has 2 aliphatic heterocycles. The maximum Gasteiger partial charge on any atom is 0.240 e. The van der Waals surface area contributed by atoms with Gasteiger partial charge >= 0.3 is 0 Å². The van der Waals surface area contributed by atoms with Gasteiger partial charge in [0.1, 0.15) is 0 Å². The largest absolute Gasteiger partial charge is 0.384 e. The van der Waals surface area contributed by atoms with Gasteiger partial charge in [-0.05, 0) is 37.8 Å². The molecule has 0 unspecified atom stereocenters. The molecule has 2 aliphatic rings. The Balaban J connectivity index is 1.32. The van der Waals surface area contributed by atoms with Crippen LogP contribution in [0.4, 0.5) is 0 Å². The topological polar surface area (TPSA) is 54.6 Å². The molecule has 0 radical (unpaired) electrons. The SMILES string of the molecule is COCCc1noc(CN2CCC3(CC2)C[C@H](c2ccccc2)CN3C)n1. The lowest BCUT2D eigenvalue weighted by Gasteiger charge is -2.43. The normalized spacial score (nSPS) is 23.3. The number of piperidine rings is 1. The third-order valence-corrected chi connectivity index (χ3v) is 6.39. The summed E-state index contributed by atoms with van der Waals surface area (Å²) in [5.41, 5.74) is 1.83. The van der Waals surface area contributed by atoms with E-state index in [1.165, 1.54) is 24.8 Å². The van der Waals surface area contributed by atoms with Gasteiger partial charge in [-0.25, -0.2) is 0 Å². The highest BCUT2D eigenvalue weighted by Gasteiger charge is 2.45. The van der Waals surface area contributed by atoms with Crippen molar-refractivity contribution in [1.82, 2.24) is 19.9 Å². The Hall–Kier alpha value is -1.76. The van der Waals surface area contributed by atoms with E-state index in [0.29, 0.717) is 24.5 Å². The zero-order chi connectivity index (χ0) is 18.7. The second-order valence-electron chi connectivity index (χ2n) is 8.04. The summed E-state index contributed by atoms with van der Waals surface area (Å²) in [4.78, 5) is 9.54. The van der Waals surface area contributed by atoms with Crippen LogP contribution in [0.25, 0.3) is 0 Å². The molecule has 6 nitrogen and oxygen atoms in total. The van der Waals surface area contributed by atoms with Gasteiger partial charge < -0.3 is 9.26 Å². The van der Waals surface area contributed by atoms with E-state index in [-0.39, 0.29) is 0 Å². The van der Waals surface area contributed by atoms with Crippen molar-refractivity contribution in [3.05, 3.63) is 47.6 Å². The summed E-state index contributed by atoms with van der Waals surface area (Å²) in [6, 6.07) is 11.0. The van der Waals surface area contributed by atoms with Crippen LogP contribution in [-0.4, -0.2) is 65.9 Å². The molecule has 1 aromatic carbocycles. The van der Waals surface area contributed by atoms with Crippen molar-refractivity contribution in [2.24, 2.45) is 0 Å². The average Bonchev–Trinajstić information content (AvgIpc) is 3.27. The van der Waals surface area contributed by atoms with Crippen molar-refractivity contribution in [1.29, 1.82) is 0 Å². The summed E-state index contributed by atoms with van der Waals surface area (Å²) in [6.07, 6.45) is 4.38. The molecular weight excluding hydrogens is 340 g/mol. The second kappa shape index (κ2) is 8.09. The molecule has 1 aromatic heterocycles. The molecule has 146 valence electrons. The number of aromatic nitrogens is 2. The van der Waals surface area contributed by atoms with Crippen LogP contribution < -0.4 is 0 Å². The molecule has 2 fully saturated rings. The van der Waals surface area contributed by atoms with Crippen molar-refractivity contribution in [3.8, 4) is 0 Å². The first kappa shape index (κ1) is 18.6. The van der Waals surface area contributed by atoms with Crippen molar-refractivity contribution >= 4 is 0 Å². The van der Waals surface area contributed by atoms with Crippen LogP contribution in [0, 0.1) is 0 Å². The molecule has 0 aliphatic carbocycles. The number of likely N-dealkylation sites (N-methyl/N-ethyl adjacent to an activating group) is 1. The van der Waals surface area contributed by atoms with Crippen molar-refractivity contribution in [3.63, 3.8) is 0 Å². The Morgan fingerprint density at radius 1 is 1.22 bits per heavy atom. The Labute approximate surface area is 161 Å².